The average Bonchev–Trinajstić information content (AvgIpc) is 2.02. The van der Waals surface area contributed by atoms with E-state index in [1.54, 1.807) is 0 Å². The molecule has 0 aliphatic carbocycles. The lowest BCUT2D eigenvalue weighted by Crippen LogP contribution is -2.32. The lowest BCUT2D eigenvalue weighted by Gasteiger charge is -2.25. The number of rotatable bonds is 8. The van der Waals surface area contributed by atoms with E-state index in [1.165, 1.54) is 32.5 Å². The van der Waals surface area contributed by atoms with Crippen molar-refractivity contribution in [3.05, 3.63) is 6.92 Å². The molecule has 0 rings (SSSR count). The standard InChI is InChI=1S/C13H28N/c1-6-7-8-9-14(10-12(2)3)11-13(4)5/h12-13H,1,6-11H2,2-5H3. The fourth-order valence-corrected chi connectivity index (χ4v) is 1.80. The van der Waals surface area contributed by atoms with Crippen LogP contribution in [-0.4, -0.2) is 24.5 Å². The maximum absolute atomic E-state index is 3.89. The second-order valence-corrected chi connectivity index (χ2v) is 5.11. The minimum atomic E-state index is 0.786. The van der Waals surface area contributed by atoms with E-state index in [9.17, 15) is 0 Å². The Morgan fingerprint density at radius 2 is 1.43 bits per heavy atom. The Labute approximate surface area is 90.9 Å². The summed E-state index contributed by atoms with van der Waals surface area (Å²) in [6.45, 7) is 16.8. The van der Waals surface area contributed by atoms with E-state index in [0.717, 1.165) is 18.3 Å². The van der Waals surface area contributed by atoms with Crippen molar-refractivity contribution in [2.24, 2.45) is 11.8 Å². The Balaban J connectivity index is 3.72. The molecule has 0 spiro atoms. The normalized spacial score (nSPS) is 12.0. The zero-order valence-corrected chi connectivity index (χ0v) is 10.6. The fourth-order valence-electron chi connectivity index (χ4n) is 1.80. The second-order valence-electron chi connectivity index (χ2n) is 5.11. The molecule has 0 unspecified atom stereocenters. The molecular weight excluding hydrogens is 170 g/mol. The first-order chi connectivity index (χ1) is 6.56. The molecule has 1 heteroatoms. The van der Waals surface area contributed by atoms with Crippen LogP contribution >= 0.6 is 0 Å². The Kier molecular flexibility index (Phi) is 8.26. The van der Waals surface area contributed by atoms with Crippen LogP contribution in [0.1, 0.15) is 47.0 Å². The molecule has 0 aliphatic rings. The zero-order valence-electron chi connectivity index (χ0n) is 10.6. The highest BCUT2D eigenvalue weighted by atomic mass is 15.1. The average molecular weight is 198 g/mol. The van der Waals surface area contributed by atoms with Gasteiger partial charge in [-0.3, -0.25) is 0 Å². The minimum absolute atomic E-state index is 0.786. The Hall–Kier alpha value is -0.0400. The van der Waals surface area contributed by atoms with Gasteiger partial charge in [-0.05, 0) is 24.8 Å². The van der Waals surface area contributed by atoms with Crippen LogP contribution in [0.3, 0.4) is 0 Å². The third kappa shape index (κ3) is 8.55. The largest absolute Gasteiger partial charge is 0.303 e. The van der Waals surface area contributed by atoms with Gasteiger partial charge < -0.3 is 4.90 Å². The van der Waals surface area contributed by atoms with Gasteiger partial charge in [-0.15, -0.1) is 0 Å². The molecule has 85 valence electrons. The van der Waals surface area contributed by atoms with Crippen LogP contribution < -0.4 is 0 Å². The van der Waals surface area contributed by atoms with E-state index >= 15 is 0 Å². The maximum Gasteiger partial charge on any atom is 0.000449 e. The predicted molar refractivity (Wildman–Crippen MR) is 65.3 cm³/mol. The van der Waals surface area contributed by atoms with Gasteiger partial charge in [-0.25, -0.2) is 0 Å². The van der Waals surface area contributed by atoms with Gasteiger partial charge in [0, 0.05) is 13.1 Å². The summed E-state index contributed by atoms with van der Waals surface area (Å²) in [4.78, 5) is 2.60. The smallest absolute Gasteiger partial charge is 0.000449 e. The molecule has 0 bridgehead atoms. The molecule has 0 atom stereocenters. The fraction of sp³-hybridized carbons (Fsp3) is 0.923. The first-order valence-corrected chi connectivity index (χ1v) is 6.07. The van der Waals surface area contributed by atoms with Crippen molar-refractivity contribution in [1.82, 2.24) is 4.90 Å². The molecule has 1 radical (unpaired) electrons. The first kappa shape index (κ1) is 14.0. The van der Waals surface area contributed by atoms with Crippen LogP contribution in [0.4, 0.5) is 0 Å². The molecule has 0 amide bonds. The maximum atomic E-state index is 3.89. The summed E-state index contributed by atoms with van der Waals surface area (Å²) in [6.07, 6.45) is 3.66. The number of unbranched alkanes of at least 4 members (excludes halogenated alkanes) is 2. The van der Waals surface area contributed by atoms with Crippen LogP contribution in [0, 0.1) is 18.8 Å². The summed E-state index contributed by atoms with van der Waals surface area (Å²) >= 11 is 0. The third-order valence-corrected chi connectivity index (χ3v) is 2.22. The van der Waals surface area contributed by atoms with E-state index in [-0.39, 0.29) is 0 Å². The molecule has 0 fully saturated rings. The topological polar surface area (TPSA) is 3.24 Å². The monoisotopic (exact) mass is 198 g/mol. The van der Waals surface area contributed by atoms with Gasteiger partial charge in [-0.2, -0.15) is 0 Å². The Morgan fingerprint density at radius 3 is 1.79 bits per heavy atom. The molecule has 1 nitrogen and oxygen atoms in total. The summed E-state index contributed by atoms with van der Waals surface area (Å²) in [7, 11) is 0. The molecule has 0 aromatic rings. The van der Waals surface area contributed by atoms with Crippen molar-refractivity contribution in [2.75, 3.05) is 19.6 Å². The number of hydrogen-bond acceptors (Lipinski definition) is 1. The van der Waals surface area contributed by atoms with Crippen molar-refractivity contribution in [1.29, 1.82) is 0 Å². The molecule has 14 heavy (non-hydrogen) atoms. The first-order valence-electron chi connectivity index (χ1n) is 6.07. The van der Waals surface area contributed by atoms with Crippen molar-refractivity contribution in [2.45, 2.75) is 47.0 Å². The SMILES string of the molecule is [CH2]CCCCN(CC(C)C)CC(C)C. The second kappa shape index (κ2) is 8.28. The van der Waals surface area contributed by atoms with E-state index in [0.29, 0.717) is 0 Å². The van der Waals surface area contributed by atoms with Gasteiger partial charge in [0.2, 0.25) is 0 Å². The van der Waals surface area contributed by atoms with Crippen LogP contribution in [0.25, 0.3) is 0 Å². The highest BCUT2D eigenvalue weighted by molar-refractivity contribution is 4.62. The Bertz CT molecular complexity index is 108. The third-order valence-electron chi connectivity index (χ3n) is 2.22. The van der Waals surface area contributed by atoms with Gasteiger partial charge in [0.15, 0.2) is 0 Å². The molecule has 0 saturated heterocycles. The zero-order chi connectivity index (χ0) is 11.0. The summed E-state index contributed by atoms with van der Waals surface area (Å²) in [5.74, 6) is 1.57. The van der Waals surface area contributed by atoms with Gasteiger partial charge in [0.1, 0.15) is 0 Å². The number of nitrogens with zero attached hydrogens (tertiary/aromatic N) is 1. The molecule has 0 heterocycles. The molecular formula is C13H28N. The van der Waals surface area contributed by atoms with Gasteiger partial charge >= 0.3 is 0 Å². The van der Waals surface area contributed by atoms with E-state index in [2.05, 4.69) is 39.5 Å². The van der Waals surface area contributed by atoms with Crippen LogP contribution in [0.2, 0.25) is 0 Å². The molecule has 0 N–H and O–H groups in total. The van der Waals surface area contributed by atoms with Gasteiger partial charge in [0.25, 0.3) is 0 Å². The molecule has 0 aliphatic heterocycles. The van der Waals surface area contributed by atoms with E-state index < -0.39 is 0 Å². The van der Waals surface area contributed by atoms with Crippen molar-refractivity contribution >= 4 is 0 Å². The van der Waals surface area contributed by atoms with Crippen molar-refractivity contribution < 1.29 is 0 Å². The van der Waals surface area contributed by atoms with Crippen LogP contribution in [-0.2, 0) is 0 Å². The predicted octanol–water partition coefficient (Wildman–Crippen LogP) is 3.60. The highest BCUT2D eigenvalue weighted by Gasteiger charge is 2.08. The molecule has 0 aromatic heterocycles. The van der Waals surface area contributed by atoms with Crippen LogP contribution in [0.15, 0.2) is 0 Å². The Morgan fingerprint density at radius 1 is 0.929 bits per heavy atom. The van der Waals surface area contributed by atoms with Crippen molar-refractivity contribution in [3.8, 4) is 0 Å². The summed E-state index contributed by atoms with van der Waals surface area (Å²) in [5, 5.41) is 0. The molecule has 0 saturated carbocycles. The van der Waals surface area contributed by atoms with E-state index in [1.807, 2.05) is 0 Å². The van der Waals surface area contributed by atoms with Gasteiger partial charge in [-0.1, -0.05) is 47.5 Å². The minimum Gasteiger partial charge on any atom is -0.303 e. The lowest BCUT2D eigenvalue weighted by molar-refractivity contribution is 0.216. The van der Waals surface area contributed by atoms with Gasteiger partial charge in [0.05, 0.1) is 0 Å². The quantitative estimate of drug-likeness (QED) is 0.539. The molecule has 0 aromatic carbocycles. The summed E-state index contributed by atoms with van der Waals surface area (Å²) < 4.78 is 0. The van der Waals surface area contributed by atoms with Crippen LogP contribution in [0.5, 0.6) is 0 Å². The summed E-state index contributed by atoms with van der Waals surface area (Å²) in [6, 6.07) is 0. The highest BCUT2D eigenvalue weighted by Crippen LogP contribution is 2.06. The van der Waals surface area contributed by atoms with Crippen molar-refractivity contribution in [3.63, 3.8) is 0 Å². The van der Waals surface area contributed by atoms with E-state index in [4.69, 9.17) is 0 Å². The lowest BCUT2D eigenvalue weighted by atomic mass is 10.1. The number of hydrogen-bond donors (Lipinski definition) is 0. The summed E-state index contributed by atoms with van der Waals surface area (Å²) in [5.41, 5.74) is 0.